The Kier molecular flexibility index (Phi) is 6.66. The average Bonchev–Trinajstić information content (AvgIpc) is 3.03. The van der Waals surface area contributed by atoms with Crippen molar-refractivity contribution in [3.8, 4) is 11.1 Å². The number of aryl methyl sites for hydroxylation is 1. The van der Waals surface area contributed by atoms with Gasteiger partial charge in [0.25, 0.3) is 5.56 Å². The zero-order valence-electron chi connectivity index (χ0n) is 15.9. The second-order valence-electron chi connectivity index (χ2n) is 6.26. The number of amides is 1. The van der Waals surface area contributed by atoms with Gasteiger partial charge in [-0.2, -0.15) is 0 Å². The lowest BCUT2D eigenvalue weighted by Crippen LogP contribution is -2.32. The van der Waals surface area contributed by atoms with E-state index in [0.29, 0.717) is 28.5 Å². The highest BCUT2D eigenvalue weighted by molar-refractivity contribution is 7.99. The van der Waals surface area contributed by atoms with Crippen LogP contribution >= 0.6 is 23.1 Å². The van der Waals surface area contributed by atoms with Crippen LogP contribution in [0.1, 0.15) is 4.88 Å². The monoisotopic (exact) mass is 429 g/mol. The van der Waals surface area contributed by atoms with E-state index in [9.17, 15) is 14.0 Å². The van der Waals surface area contributed by atoms with Gasteiger partial charge in [0.15, 0.2) is 5.16 Å². The number of carbonyl (C=O) groups excluding carboxylic acids is 1. The molecule has 5 nitrogen and oxygen atoms in total. The summed E-state index contributed by atoms with van der Waals surface area (Å²) in [5.74, 6) is -0.277. The SMILES string of the molecule is C=CCN(CC=C)C(=O)CSc1nc2sc(C)c(-c3ccc(F)cc3)c2c(=O)[nH]1. The van der Waals surface area contributed by atoms with Gasteiger partial charge >= 0.3 is 0 Å². The summed E-state index contributed by atoms with van der Waals surface area (Å²) in [7, 11) is 0. The molecular formula is C21H20FN3O2S2. The third kappa shape index (κ3) is 4.65. The fraction of sp³-hybridized carbons (Fsp3) is 0.190. The Morgan fingerprint density at radius 2 is 1.93 bits per heavy atom. The molecule has 3 aromatic rings. The van der Waals surface area contributed by atoms with E-state index in [4.69, 9.17) is 0 Å². The van der Waals surface area contributed by atoms with Crippen LogP contribution in [-0.2, 0) is 4.79 Å². The smallest absolute Gasteiger partial charge is 0.260 e. The van der Waals surface area contributed by atoms with E-state index in [2.05, 4.69) is 23.1 Å². The van der Waals surface area contributed by atoms with Crippen molar-refractivity contribution in [2.24, 2.45) is 0 Å². The molecule has 0 atom stereocenters. The molecule has 1 aromatic carbocycles. The highest BCUT2D eigenvalue weighted by Crippen LogP contribution is 2.36. The van der Waals surface area contributed by atoms with Gasteiger partial charge in [0, 0.05) is 23.5 Å². The van der Waals surface area contributed by atoms with E-state index >= 15 is 0 Å². The highest BCUT2D eigenvalue weighted by atomic mass is 32.2. The van der Waals surface area contributed by atoms with E-state index in [-0.39, 0.29) is 23.0 Å². The summed E-state index contributed by atoms with van der Waals surface area (Å²) in [6, 6.07) is 6.04. The number of nitrogens with one attached hydrogen (secondary N) is 1. The van der Waals surface area contributed by atoms with E-state index in [1.54, 1.807) is 29.2 Å². The van der Waals surface area contributed by atoms with Gasteiger partial charge in [0.05, 0.1) is 11.1 Å². The number of carbonyl (C=O) groups is 1. The second kappa shape index (κ2) is 9.19. The van der Waals surface area contributed by atoms with Crippen molar-refractivity contribution in [2.75, 3.05) is 18.8 Å². The molecular weight excluding hydrogens is 409 g/mol. The van der Waals surface area contributed by atoms with Gasteiger partial charge < -0.3 is 9.88 Å². The Balaban J connectivity index is 1.88. The van der Waals surface area contributed by atoms with Crippen molar-refractivity contribution in [2.45, 2.75) is 12.1 Å². The van der Waals surface area contributed by atoms with Crippen LogP contribution in [0.2, 0.25) is 0 Å². The Morgan fingerprint density at radius 3 is 2.55 bits per heavy atom. The molecule has 0 bridgehead atoms. The summed E-state index contributed by atoms with van der Waals surface area (Å²) < 4.78 is 13.3. The summed E-state index contributed by atoms with van der Waals surface area (Å²) in [5, 5.41) is 0.870. The van der Waals surface area contributed by atoms with Gasteiger partial charge in [0.1, 0.15) is 10.6 Å². The predicted molar refractivity (Wildman–Crippen MR) is 118 cm³/mol. The molecule has 0 fully saturated rings. The predicted octanol–water partition coefficient (Wildman–Crippen LogP) is 4.39. The maximum absolute atomic E-state index is 13.3. The molecule has 1 N–H and O–H groups in total. The number of halogens is 1. The number of aromatic amines is 1. The Labute approximate surface area is 176 Å². The zero-order valence-corrected chi connectivity index (χ0v) is 17.5. The molecule has 0 unspecified atom stereocenters. The van der Waals surface area contributed by atoms with Crippen LogP contribution in [0.4, 0.5) is 4.39 Å². The average molecular weight is 430 g/mol. The molecule has 2 aromatic heterocycles. The summed E-state index contributed by atoms with van der Waals surface area (Å²) >= 11 is 2.58. The van der Waals surface area contributed by atoms with Crippen LogP contribution in [0.3, 0.4) is 0 Å². The molecule has 3 rings (SSSR count). The fourth-order valence-electron chi connectivity index (χ4n) is 2.94. The lowest BCUT2D eigenvalue weighted by Gasteiger charge is -2.18. The molecule has 0 radical (unpaired) electrons. The first-order valence-electron chi connectivity index (χ1n) is 8.86. The number of thiophene rings is 1. The van der Waals surface area contributed by atoms with Gasteiger partial charge in [-0.25, -0.2) is 9.37 Å². The van der Waals surface area contributed by atoms with E-state index < -0.39 is 0 Å². The molecule has 29 heavy (non-hydrogen) atoms. The van der Waals surface area contributed by atoms with Gasteiger partial charge in [-0.1, -0.05) is 36.0 Å². The maximum Gasteiger partial charge on any atom is 0.260 e. The quantitative estimate of drug-likeness (QED) is 0.328. The van der Waals surface area contributed by atoms with Gasteiger partial charge in [-0.3, -0.25) is 9.59 Å². The fourth-order valence-corrected chi connectivity index (χ4v) is 4.81. The molecule has 0 aliphatic heterocycles. The number of thioether (sulfide) groups is 1. The number of fused-ring (bicyclic) bond motifs is 1. The Hall–Kier alpha value is -2.71. The molecule has 150 valence electrons. The number of hydrogen-bond acceptors (Lipinski definition) is 5. The van der Waals surface area contributed by atoms with Crippen LogP contribution < -0.4 is 5.56 Å². The van der Waals surface area contributed by atoms with Crippen molar-refractivity contribution >= 4 is 39.2 Å². The number of benzene rings is 1. The Bertz CT molecular complexity index is 1110. The number of nitrogens with zero attached hydrogens (tertiary/aromatic N) is 2. The van der Waals surface area contributed by atoms with Gasteiger partial charge in [-0.05, 0) is 24.6 Å². The van der Waals surface area contributed by atoms with Crippen LogP contribution in [0.5, 0.6) is 0 Å². The number of H-pyrrole nitrogens is 1. The highest BCUT2D eigenvalue weighted by Gasteiger charge is 2.18. The number of rotatable bonds is 8. The van der Waals surface area contributed by atoms with Crippen LogP contribution in [0.15, 0.2) is 59.5 Å². The van der Waals surface area contributed by atoms with Crippen LogP contribution in [0, 0.1) is 12.7 Å². The lowest BCUT2D eigenvalue weighted by atomic mass is 10.0. The summed E-state index contributed by atoms with van der Waals surface area (Å²) in [6.45, 7) is 10.1. The lowest BCUT2D eigenvalue weighted by molar-refractivity contribution is -0.127. The third-order valence-electron chi connectivity index (χ3n) is 4.23. The van der Waals surface area contributed by atoms with E-state index in [1.165, 1.54) is 35.2 Å². The molecule has 1 amide bonds. The summed E-state index contributed by atoms with van der Waals surface area (Å²) in [5.41, 5.74) is 1.25. The topological polar surface area (TPSA) is 66.1 Å². The second-order valence-corrected chi connectivity index (χ2v) is 8.42. The standard InChI is InChI=1S/C21H20FN3O2S2/c1-4-10-25(11-5-2)16(26)12-28-21-23-19(27)18-17(13(3)29-20(18)24-21)14-6-8-15(22)9-7-14/h4-9H,1-2,10-12H2,3H3,(H,23,24,27). The molecule has 0 aliphatic rings. The molecule has 8 heteroatoms. The van der Waals surface area contributed by atoms with Crippen molar-refractivity contribution < 1.29 is 9.18 Å². The Morgan fingerprint density at radius 1 is 1.28 bits per heavy atom. The minimum absolute atomic E-state index is 0.0908. The molecule has 0 saturated carbocycles. The molecule has 0 aliphatic carbocycles. The van der Waals surface area contributed by atoms with Crippen molar-refractivity contribution in [3.05, 3.63) is 70.6 Å². The van der Waals surface area contributed by atoms with Crippen molar-refractivity contribution in [1.29, 1.82) is 0 Å². The molecule has 2 heterocycles. The first kappa shape index (κ1) is 21.0. The first-order valence-corrected chi connectivity index (χ1v) is 10.7. The number of aromatic nitrogens is 2. The normalized spacial score (nSPS) is 10.8. The van der Waals surface area contributed by atoms with E-state index in [0.717, 1.165) is 16.0 Å². The summed E-state index contributed by atoms with van der Waals surface area (Å²) in [4.78, 5) is 35.6. The van der Waals surface area contributed by atoms with Crippen LogP contribution in [0.25, 0.3) is 21.3 Å². The number of hydrogen-bond donors (Lipinski definition) is 1. The summed E-state index contributed by atoms with van der Waals surface area (Å²) in [6.07, 6.45) is 3.31. The van der Waals surface area contributed by atoms with Crippen molar-refractivity contribution in [3.63, 3.8) is 0 Å². The third-order valence-corrected chi connectivity index (χ3v) is 6.09. The minimum atomic E-state index is -0.330. The van der Waals surface area contributed by atoms with E-state index in [1.807, 2.05) is 6.92 Å². The van der Waals surface area contributed by atoms with Crippen molar-refractivity contribution in [1.82, 2.24) is 14.9 Å². The first-order chi connectivity index (χ1) is 13.9. The zero-order chi connectivity index (χ0) is 21.0. The molecule has 0 spiro atoms. The minimum Gasteiger partial charge on any atom is -0.335 e. The largest absolute Gasteiger partial charge is 0.335 e. The van der Waals surface area contributed by atoms with Crippen LogP contribution in [-0.4, -0.2) is 39.6 Å². The molecule has 0 saturated heterocycles. The van der Waals surface area contributed by atoms with Gasteiger partial charge in [-0.15, -0.1) is 24.5 Å². The van der Waals surface area contributed by atoms with Gasteiger partial charge in [0.2, 0.25) is 5.91 Å². The maximum atomic E-state index is 13.3.